The summed E-state index contributed by atoms with van der Waals surface area (Å²) in [6, 6.07) is 21.2. The molecule has 1 aliphatic heterocycles. The predicted octanol–water partition coefficient (Wildman–Crippen LogP) is 6.63. The number of imidazole rings is 1. The Morgan fingerprint density at radius 2 is 1.75 bits per heavy atom. The van der Waals surface area contributed by atoms with Crippen LogP contribution in [-0.4, -0.2) is 70.4 Å². The third-order valence-electron chi connectivity index (χ3n) is 8.58. The van der Waals surface area contributed by atoms with E-state index >= 15 is 0 Å². The summed E-state index contributed by atoms with van der Waals surface area (Å²) in [5.74, 6) is 1.76. The minimum atomic E-state index is -0.888. The van der Waals surface area contributed by atoms with Crippen LogP contribution in [0.15, 0.2) is 73.1 Å². The molecule has 1 aliphatic carbocycles. The first-order valence-electron chi connectivity index (χ1n) is 14.3. The number of fused-ring (bicyclic) bond motifs is 2. The number of alkyl halides is 3. The fourth-order valence-electron chi connectivity index (χ4n) is 6.17. The van der Waals surface area contributed by atoms with Crippen LogP contribution in [0.2, 0.25) is 0 Å². The average molecular weight is 646 g/mol. The van der Waals surface area contributed by atoms with E-state index in [1.807, 2.05) is 12.3 Å². The van der Waals surface area contributed by atoms with E-state index in [-0.39, 0.29) is 0 Å². The van der Waals surface area contributed by atoms with Gasteiger partial charge in [-0.05, 0) is 0 Å². The van der Waals surface area contributed by atoms with Crippen molar-refractivity contribution in [2.45, 2.75) is 29.6 Å². The van der Waals surface area contributed by atoms with Crippen LogP contribution in [0.3, 0.4) is 0 Å². The first kappa shape index (κ1) is 26.0. The van der Waals surface area contributed by atoms with Gasteiger partial charge in [0.1, 0.15) is 0 Å². The molecule has 7 rings (SSSR count). The number of rotatable bonds is 7. The van der Waals surface area contributed by atoms with Crippen molar-refractivity contribution >= 4 is 36.2 Å². The summed E-state index contributed by atoms with van der Waals surface area (Å²) in [7, 11) is 1.80. The molecule has 0 unspecified atom stereocenters. The minimum absolute atomic E-state index is 0.542. The van der Waals surface area contributed by atoms with Gasteiger partial charge >= 0.3 is 214 Å². The Labute approximate surface area is 243 Å². The predicted molar refractivity (Wildman–Crippen MR) is 172 cm³/mol. The van der Waals surface area contributed by atoms with E-state index < -0.39 is 19.8 Å². The van der Waals surface area contributed by atoms with Crippen molar-refractivity contribution in [1.82, 2.24) is 24.3 Å². The van der Waals surface area contributed by atoms with Crippen molar-refractivity contribution in [2.24, 2.45) is 0 Å². The third kappa shape index (κ3) is 4.92. The van der Waals surface area contributed by atoms with Gasteiger partial charge in [0, 0.05) is 0 Å². The first-order chi connectivity index (χ1) is 19.7. The second-order valence-corrected chi connectivity index (χ2v) is 17.8. The van der Waals surface area contributed by atoms with Crippen molar-refractivity contribution in [1.29, 1.82) is 0 Å². The molecular weight excluding hydrogens is 609 g/mol. The molecule has 1 saturated carbocycles. The summed E-state index contributed by atoms with van der Waals surface area (Å²) in [5.41, 5.74) is 7.42. The first-order valence-corrected chi connectivity index (χ1v) is 18.6. The molecule has 0 atom stereocenters. The Morgan fingerprint density at radius 3 is 2.55 bits per heavy atom. The summed E-state index contributed by atoms with van der Waals surface area (Å²) in [5, 5.41) is 1.14. The molecule has 0 bridgehead atoms. The van der Waals surface area contributed by atoms with Crippen LogP contribution in [-0.2, 0) is 4.74 Å². The molecule has 0 amide bonds. The molecule has 6 nitrogen and oxygen atoms in total. The summed E-state index contributed by atoms with van der Waals surface area (Å²) < 4.78 is 11.5. The van der Waals surface area contributed by atoms with Gasteiger partial charge < -0.3 is 0 Å². The van der Waals surface area contributed by atoms with Crippen LogP contribution >= 0.6 is 19.8 Å². The zero-order chi connectivity index (χ0) is 27.1. The number of hydrogen-bond acceptors (Lipinski definition) is 5. The standard InChI is InChI=1S/C33H36IN5O/c1-23-32-31(26-9-8-25-10-11-29(36-30(25)22-26)24-6-4-3-5-7-24)37-33(39(32)17-14-35-23)27-20-28(21-27)34-12-15-38(16-13-34)18-19-40-2/h3-11,14,17,22,27-28H,12-13,15-16,18-21H2,1-2H3. The number of benzene rings is 2. The normalized spacial score (nSPS) is 20.7. The van der Waals surface area contributed by atoms with E-state index in [4.69, 9.17) is 14.7 Å². The Bertz CT molecular complexity index is 1640. The van der Waals surface area contributed by atoms with E-state index in [1.54, 1.807) is 7.11 Å². The number of methoxy groups -OCH3 is 1. The number of ether oxygens (including phenoxy) is 1. The average Bonchev–Trinajstić information content (AvgIpc) is 3.36. The monoisotopic (exact) mass is 645 g/mol. The van der Waals surface area contributed by atoms with E-state index in [9.17, 15) is 0 Å². The quantitative estimate of drug-likeness (QED) is 0.147. The van der Waals surface area contributed by atoms with E-state index in [2.05, 4.69) is 82.0 Å². The number of hydrogen-bond donors (Lipinski definition) is 0. The van der Waals surface area contributed by atoms with Crippen molar-refractivity contribution in [3.63, 3.8) is 0 Å². The maximum atomic E-state index is 5.35. The molecule has 7 heteroatoms. The maximum absolute atomic E-state index is 5.35. The van der Waals surface area contributed by atoms with Crippen LogP contribution in [0.25, 0.3) is 38.9 Å². The van der Waals surface area contributed by atoms with Crippen LogP contribution in [0, 0.1) is 6.92 Å². The molecule has 2 fully saturated rings. The van der Waals surface area contributed by atoms with Gasteiger partial charge in [-0.25, -0.2) is 0 Å². The van der Waals surface area contributed by atoms with Crippen molar-refractivity contribution in [2.75, 3.05) is 42.2 Å². The molecular formula is C33H36IN5O. The Balaban J connectivity index is 1.16. The summed E-state index contributed by atoms with van der Waals surface area (Å²) >= 11 is -0.888. The Kier molecular flexibility index (Phi) is 7.28. The fraction of sp³-hybridized carbons (Fsp3) is 0.364. The zero-order valence-corrected chi connectivity index (χ0v) is 25.4. The van der Waals surface area contributed by atoms with Crippen LogP contribution in [0.5, 0.6) is 0 Å². The van der Waals surface area contributed by atoms with Gasteiger partial charge in [0.25, 0.3) is 0 Å². The Morgan fingerprint density at radius 1 is 0.950 bits per heavy atom. The molecule has 1 saturated heterocycles. The number of aromatic nitrogens is 4. The van der Waals surface area contributed by atoms with Crippen molar-refractivity contribution < 1.29 is 4.74 Å². The second-order valence-electron chi connectivity index (χ2n) is 11.0. The van der Waals surface area contributed by atoms with Crippen LogP contribution < -0.4 is 0 Å². The van der Waals surface area contributed by atoms with Crippen molar-refractivity contribution in [3.8, 4) is 22.5 Å². The molecule has 0 N–H and O–H groups in total. The van der Waals surface area contributed by atoms with Gasteiger partial charge in [-0.1, -0.05) is 30.3 Å². The third-order valence-corrected chi connectivity index (χ3v) is 15.8. The second kappa shape index (κ2) is 11.2. The van der Waals surface area contributed by atoms with Gasteiger partial charge in [0.2, 0.25) is 0 Å². The van der Waals surface area contributed by atoms with E-state index in [1.165, 1.54) is 40.6 Å². The number of pyridine rings is 1. The molecule has 2 aromatic carbocycles. The van der Waals surface area contributed by atoms with Gasteiger partial charge in [-0.2, -0.15) is 0 Å². The topological polar surface area (TPSA) is 55.5 Å². The number of aryl methyl sites for hydroxylation is 1. The van der Waals surface area contributed by atoms with Crippen molar-refractivity contribution in [3.05, 3.63) is 84.6 Å². The molecule has 0 radical (unpaired) electrons. The molecule has 4 heterocycles. The fourth-order valence-corrected chi connectivity index (χ4v) is 13.7. The van der Waals surface area contributed by atoms with Gasteiger partial charge in [0.15, 0.2) is 0 Å². The van der Waals surface area contributed by atoms with Crippen LogP contribution in [0.4, 0.5) is 0 Å². The van der Waals surface area contributed by atoms with Gasteiger partial charge in [-0.3, -0.25) is 0 Å². The molecule has 5 aromatic rings. The Hall–Kier alpha value is -2.88. The number of nitrogens with zero attached hydrogens (tertiary/aromatic N) is 5. The zero-order valence-electron chi connectivity index (χ0n) is 23.3. The van der Waals surface area contributed by atoms with E-state index in [0.29, 0.717) is 5.92 Å². The molecule has 0 spiro atoms. The summed E-state index contributed by atoms with van der Waals surface area (Å²) in [6.45, 7) is 6.59. The number of halogens is 1. The molecule has 206 valence electrons. The molecule has 2 aliphatic rings. The van der Waals surface area contributed by atoms with Gasteiger partial charge in [0.05, 0.1) is 0 Å². The van der Waals surface area contributed by atoms with E-state index in [0.717, 1.165) is 61.7 Å². The molecule has 3 aromatic heterocycles. The molecule has 40 heavy (non-hydrogen) atoms. The van der Waals surface area contributed by atoms with Crippen LogP contribution in [0.1, 0.15) is 30.3 Å². The SMILES string of the molecule is COCCN1CCI(C2CC(c3nc(-c4ccc5ccc(-c6ccccc6)nc5c4)c4c(C)nccn34)C2)CC1. The summed E-state index contributed by atoms with van der Waals surface area (Å²) in [6.07, 6.45) is 6.65. The summed E-state index contributed by atoms with van der Waals surface area (Å²) in [4.78, 5) is 17.6. The van der Waals surface area contributed by atoms with Gasteiger partial charge in [-0.15, -0.1) is 0 Å².